The molecule has 1 aromatic rings. The van der Waals surface area contributed by atoms with E-state index in [1.165, 1.54) is 24.2 Å². The highest BCUT2D eigenvalue weighted by atomic mass is 32.1. The molecule has 2 rings (SSSR count). The summed E-state index contributed by atoms with van der Waals surface area (Å²) in [6.45, 7) is 2.69. The minimum Gasteiger partial charge on any atom is -0.460 e. The van der Waals surface area contributed by atoms with Gasteiger partial charge >= 0.3 is 5.97 Å². The molecule has 0 radical (unpaired) electrons. The SMILES string of the molecule is O=C(OCCC1CCNCC1)c1nccs1. The maximum atomic E-state index is 11.5. The first-order valence-corrected chi connectivity index (χ1v) is 6.51. The molecule has 1 aromatic heterocycles. The number of piperidine rings is 1. The van der Waals surface area contributed by atoms with Crippen molar-refractivity contribution in [2.75, 3.05) is 19.7 Å². The Kier molecular flexibility index (Phi) is 4.30. The molecule has 5 heteroatoms. The van der Waals surface area contributed by atoms with Crippen molar-refractivity contribution in [3.8, 4) is 0 Å². The average molecular weight is 240 g/mol. The van der Waals surface area contributed by atoms with Crippen molar-refractivity contribution in [3.63, 3.8) is 0 Å². The van der Waals surface area contributed by atoms with Crippen LogP contribution in [0.25, 0.3) is 0 Å². The van der Waals surface area contributed by atoms with Gasteiger partial charge < -0.3 is 10.1 Å². The molecule has 4 nitrogen and oxygen atoms in total. The lowest BCUT2D eigenvalue weighted by atomic mass is 9.95. The number of hydrogen-bond acceptors (Lipinski definition) is 5. The molecule has 16 heavy (non-hydrogen) atoms. The van der Waals surface area contributed by atoms with Gasteiger partial charge in [-0.1, -0.05) is 0 Å². The van der Waals surface area contributed by atoms with E-state index in [0.29, 0.717) is 17.5 Å². The molecule has 1 saturated heterocycles. The Balaban J connectivity index is 1.66. The monoisotopic (exact) mass is 240 g/mol. The lowest BCUT2D eigenvalue weighted by molar-refractivity contribution is 0.0476. The number of hydrogen-bond donors (Lipinski definition) is 1. The van der Waals surface area contributed by atoms with Crippen molar-refractivity contribution in [3.05, 3.63) is 16.6 Å². The number of nitrogens with one attached hydrogen (secondary N) is 1. The van der Waals surface area contributed by atoms with Crippen molar-refractivity contribution < 1.29 is 9.53 Å². The van der Waals surface area contributed by atoms with E-state index in [1.807, 2.05) is 0 Å². The van der Waals surface area contributed by atoms with Gasteiger partial charge in [-0.3, -0.25) is 0 Å². The molecular weight excluding hydrogens is 224 g/mol. The first kappa shape index (κ1) is 11.5. The van der Waals surface area contributed by atoms with Crippen LogP contribution in [0.3, 0.4) is 0 Å². The molecule has 0 bridgehead atoms. The van der Waals surface area contributed by atoms with Crippen molar-refractivity contribution in [2.45, 2.75) is 19.3 Å². The van der Waals surface area contributed by atoms with E-state index in [4.69, 9.17) is 4.74 Å². The molecular formula is C11H16N2O2S. The number of ether oxygens (including phenoxy) is 1. The first-order valence-electron chi connectivity index (χ1n) is 5.63. The van der Waals surface area contributed by atoms with Crippen LogP contribution in [-0.4, -0.2) is 30.6 Å². The molecule has 0 saturated carbocycles. The first-order chi connectivity index (χ1) is 7.86. The second kappa shape index (κ2) is 5.96. The van der Waals surface area contributed by atoms with E-state index in [9.17, 15) is 4.79 Å². The third-order valence-corrected chi connectivity index (χ3v) is 3.58. The predicted octanol–water partition coefficient (Wildman–Crippen LogP) is 1.69. The zero-order valence-electron chi connectivity index (χ0n) is 9.15. The van der Waals surface area contributed by atoms with Crippen LogP contribution >= 0.6 is 11.3 Å². The topological polar surface area (TPSA) is 51.2 Å². The predicted molar refractivity (Wildman–Crippen MR) is 62.6 cm³/mol. The molecule has 1 fully saturated rings. The molecule has 0 atom stereocenters. The van der Waals surface area contributed by atoms with Gasteiger partial charge in [-0.2, -0.15) is 0 Å². The summed E-state index contributed by atoms with van der Waals surface area (Å²) in [6.07, 6.45) is 4.97. The van der Waals surface area contributed by atoms with Crippen LogP contribution in [0.15, 0.2) is 11.6 Å². The van der Waals surface area contributed by atoms with Crippen LogP contribution in [0.4, 0.5) is 0 Å². The summed E-state index contributed by atoms with van der Waals surface area (Å²) in [5.74, 6) is 0.411. The quantitative estimate of drug-likeness (QED) is 0.814. The van der Waals surface area contributed by atoms with Gasteiger partial charge in [0.15, 0.2) is 0 Å². The maximum Gasteiger partial charge on any atom is 0.367 e. The summed E-state index contributed by atoms with van der Waals surface area (Å²) in [4.78, 5) is 15.4. The van der Waals surface area contributed by atoms with Crippen LogP contribution in [0.2, 0.25) is 0 Å². The summed E-state index contributed by atoms with van der Waals surface area (Å²) < 4.78 is 5.18. The van der Waals surface area contributed by atoms with Crippen LogP contribution in [0, 0.1) is 5.92 Å². The van der Waals surface area contributed by atoms with Gasteiger partial charge in [0.25, 0.3) is 0 Å². The summed E-state index contributed by atoms with van der Waals surface area (Å²) in [7, 11) is 0. The molecule has 0 unspecified atom stereocenters. The molecule has 0 amide bonds. The second-order valence-corrected chi connectivity index (χ2v) is 4.85. The number of nitrogens with zero attached hydrogens (tertiary/aromatic N) is 1. The molecule has 0 spiro atoms. The van der Waals surface area contributed by atoms with Gasteiger partial charge in [0, 0.05) is 11.6 Å². The van der Waals surface area contributed by atoms with Crippen molar-refractivity contribution in [2.24, 2.45) is 5.92 Å². The van der Waals surface area contributed by atoms with Gasteiger partial charge in [0.1, 0.15) is 0 Å². The summed E-state index contributed by atoms with van der Waals surface area (Å²) in [5.41, 5.74) is 0. The third-order valence-electron chi connectivity index (χ3n) is 2.82. The van der Waals surface area contributed by atoms with Gasteiger partial charge in [-0.05, 0) is 38.3 Å². The van der Waals surface area contributed by atoms with E-state index in [-0.39, 0.29) is 5.97 Å². The van der Waals surface area contributed by atoms with Crippen molar-refractivity contribution in [1.29, 1.82) is 0 Å². The Morgan fingerprint density at radius 3 is 3.06 bits per heavy atom. The summed E-state index contributed by atoms with van der Waals surface area (Å²) in [6, 6.07) is 0. The van der Waals surface area contributed by atoms with E-state index < -0.39 is 0 Å². The highest BCUT2D eigenvalue weighted by Gasteiger charge is 2.14. The zero-order valence-corrected chi connectivity index (χ0v) is 9.96. The van der Waals surface area contributed by atoms with Crippen molar-refractivity contribution >= 4 is 17.3 Å². The highest BCUT2D eigenvalue weighted by molar-refractivity contribution is 7.11. The average Bonchev–Trinajstić information content (AvgIpc) is 2.84. The summed E-state index contributed by atoms with van der Waals surface area (Å²) in [5, 5.41) is 5.55. The fourth-order valence-electron chi connectivity index (χ4n) is 1.87. The summed E-state index contributed by atoms with van der Waals surface area (Å²) >= 11 is 1.32. The second-order valence-electron chi connectivity index (χ2n) is 3.96. The maximum absolute atomic E-state index is 11.5. The fraction of sp³-hybridized carbons (Fsp3) is 0.636. The number of esters is 1. The van der Waals surface area contributed by atoms with Crippen LogP contribution < -0.4 is 5.32 Å². The molecule has 1 aliphatic rings. The van der Waals surface area contributed by atoms with Gasteiger partial charge in [-0.15, -0.1) is 11.3 Å². The molecule has 0 aliphatic carbocycles. The minimum absolute atomic E-state index is 0.288. The van der Waals surface area contributed by atoms with Gasteiger partial charge in [0.2, 0.25) is 5.01 Å². The van der Waals surface area contributed by atoms with E-state index in [2.05, 4.69) is 10.3 Å². The fourth-order valence-corrected chi connectivity index (χ4v) is 2.40. The van der Waals surface area contributed by atoms with Gasteiger partial charge in [-0.25, -0.2) is 9.78 Å². The lowest BCUT2D eigenvalue weighted by Crippen LogP contribution is -2.28. The van der Waals surface area contributed by atoms with E-state index >= 15 is 0 Å². The van der Waals surface area contributed by atoms with Gasteiger partial charge in [0.05, 0.1) is 6.61 Å². The van der Waals surface area contributed by atoms with Crippen molar-refractivity contribution in [1.82, 2.24) is 10.3 Å². The Morgan fingerprint density at radius 1 is 1.56 bits per heavy atom. The van der Waals surface area contributed by atoms with Crippen LogP contribution in [0.5, 0.6) is 0 Å². The van der Waals surface area contributed by atoms with E-state index in [0.717, 1.165) is 19.5 Å². The smallest absolute Gasteiger partial charge is 0.367 e. The third kappa shape index (κ3) is 3.28. The number of thiazole rings is 1. The Labute approximate surface area is 99.0 Å². The minimum atomic E-state index is -0.288. The van der Waals surface area contributed by atoms with Crippen LogP contribution in [-0.2, 0) is 4.74 Å². The Morgan fingerprint density at radius 2 is 2.38 bits per heavy atom. The Bertz CT molecular complexity index is 321. The van der Waals surface area contributed by atoms with E-state index in [1.54, 1.807) is 11.6 Å². The highest BCUT2D eigenvalue weighted by Crippen LogP contribution is 2.16. The molecule has 1 aliphatic heterocycles. The molecule has 2 heterocycles. The molecule has 88 valence electrons. The number of rotatable bonds is 4. The molecule has 1 N–H and O–H groups in total. The normalized spacial score (nSPS) is 17.2. The number of carbonyl (C=O) groups excluding carboxylic acids is 1. The van der Waals surface area contributed by atoms with Crippen LogP contribution in [0.1, 0.15) is 29.1 Å². The largest absolute Gasteiger partial charge is 0.460 e. The number of aromatic nitrogens is 1. The number of carbonyl (C=O) groups is 1. The molecule has 0 aromatic carbocycles. The lowest BCUT2D eigenvalue weighted by Gasteiger charge is -2.21. The Hall–Kier alpha value is -0.940. The zero-order chi connectivity index (χ0) is 11.2. The standard InChI is InChI=1S/C11H16N2O2S/c14-11(10-13-6-8-16-10)15-7-3-9-1-4-12-5-2-9/h6,8-9,12H,1-5,7H2.